The number of hydrogen-bond acceptors (Lipinski definition) is 6. The van der Waals surface area contributed by atoms with Crippen molar-refractivity contribution in [2.75, 3.05) is 25.2 Å². The molecule has 0 aliphatic heterocycles. The standard InChI is InChI=1S/C13H13F3N4OS2/c1-20(2)10(21)7-22-12-19-18-11(23-12)17-9-6-4-3-5-8(9)13(14,15)16/h3-6H,7H2,1-2H3,(H,17,18). The second kappa shape index (κ2) is 7.18. The summed E-state index contributed by atoms with van der Waals surface area (Å²) in [7, 11) is 3.29. The first-order valence-corrected chi connectivity index (χ1v) is 8.17. The molecule has 0 unspecified atom stereocenters. The molecule has 1 aromatic carbocycles. The van der Waals surface area contributed by atoms with Crippen LogP contribution in [0.25, 0.3) is 0 Å². The summed E-state index contributed by atoms with van der Waals surface area (Å²) in [6, 6.07) is 5.15. The lowest BCUT2D eigenvalue weighted by atomic mass is 10.2. The Morgan fingerprint density at radius 1 is 1.30 bits per heavy atom. The highest BCUT2D eigenvalue weighted by Crippen LogP contribution is 2.36. The number of rotatable bonds is 5. The monoisotopic (exact) mass is 362 g/mol. The van der Waals surface area contributed by atoms with E-state index in [4.69, 9.17) is 0 Å². The molecule has 23 heavy (non-hydrogen) atoms. The molecule has 1 heterocycles. The number of benzene rings is 1. The molecule has 10 heteroatoms. The largest absolute Gasteiger partial charge is 0.418 e. The number of carbonyl (C=O) groups excluding carboxylic acids is 1. The van der Waals surface area contributed by atoms with E-state index in [1.54, 1.807) is 14.1 Å². The van der Waals surface area contributed by atoms with Crippen LogP contribution >= 0.6 is 23.1 Å². The van der Waals surface area contributed by atoms with Crippen molar-refractivity contribution in [1.82, 2.24) is 15.1 Å². The van der Waals surface area contributed by atoms with E-state index in [0.717, 1.165) is 17.4 Å². The highest BCUT2D eigenvalue weighted by atomic mass is 32.2. The minimum absolute atomic E-state index is 0.0814. The molecular weight excluding hydrogens is 349 g/mol. The molecule has 0 saturated carbocycles. The molecule has 0 aliphatic carbocycles. The van der Waals surface area contributed by atoms with Gasteiger partial charge in [-0.25, -0.2) is 0 Å². The summed E-state index contributed by atoms with van der Waals surface area (Å²) in [6.07, 6.45) is -4.45. The number of halogens is 3. The minimum atomic E-state index is -4.45. The zero-order valence-electron chi connectivity index (χ0n) is 12.2. The van der Waals surface area contributed by atoms with Crippen LogP contribution in [0.15, 0.2) is 28.6 Å². The van der Waals surface area contributed by atoms with Crippen molar-refractivity contribution in [3.63, 3.8) is 0 Å². The van der Waals surface area contributed by atoms with Gasteiger partial charge in [0.1, 0.15) is 0 Å². The minimum Gasteiger partial charge on any atom is -0.348 e. The van der Waals surface area contributed by atoms with Crippen molar-refractivity contribution in [1.29, 1.82) is 0 Å². The van der Waals surface area contributed by atoms with E-state index in [1.165, 1.54) is 34.9 Å². The Balaban J connectivity index is 2.07. The van der Waals surface area contributed by atoms with Gasteiger partial charge in [0.2, 0.25) is 11.0 Å². The Bertz CT molecular complexity index is 688. The number of hydrogen-bond donors (Lipinski definition) is 1. The number of aromatic nitrogens is 2. The quantitative estimate of drug-likeness (QED) is 0.826. The molecule has 2 aromatic rings. The highest BCUT2D eigenvalue weighted by Gasteiger charge is 2.33. The second-order valence-electron chi connectivity index (χ2n) is 4.62. The number of thioether (sulfide) groups is 1. The molecule has 0 aliphatic rings. The first-order valence-electron chi connectivity index (χ1n) is 6.37. The number of amides is 1. The van der Waals surface area contributed by atoms with Gasteiger partial charge in [0, 0.05) is 14.1 Å². The molecule has 0 saturated heterocycles. The van der Waals surface area contributed by atoms with Crippen LogP contribution in [0.3, 0.4) is 0 Å². The van der Waals surface area contributed by atoms with Crippen molar-refractivity contribution < 1.29 is 18.0 Å². The molecule has 2 rings (SSSR count). The Morgan fingerprint density at radius 2 is 2.00 bits per heavy atom. The second-order valence-corrected chi connectivity index (χ2v) is 6.82. The van der Waals surface area contributed by atoms with Gasteiger partial charge >= 0.3 is 6.18 Å². The highest BCUT2D eigenvalue weighted by molar-refractivity contribution is 8.01. The van der Waals surface area contributed by atoms with Crippen molar-refractivity contribution in [3.05, 3.63) is 29.8 Å². The molecule has 0 radical (unpaired) electrons. The first-order chi connectivity index (χ1) is 10.8. The number of nitrogens with one attached hydrogen (secondary N) is 1. The third kappa shape index (κ3) is 4.83. The van der Waals surface area contributed by atoms with E-state index in [2.05, 4.69) is 15.5 Å². The zero-order chi connectivity index (χ0) is 17.0. The molecule has 1 aromatic heterocycles. The van der Waals surface area contributed by atoms with Crippen LogP contribution < -0.4 is 5.32 Å². The summed E-state index contributed by atoms with van der Waals surface area (Å²) >= 11 is 2.28. The van der Waals surface area contributed by atoms with Crippen LogP contribution in [-0.2, 0) is 11.0 Å². The van der Waals surface area contributed by atoms with Gasteiger partial charge in [-0.3, -0.25) is 4.79 Å². The van der Waals surface area contributed by atoms with Crippen LogP contribution in [0.4, 0.5) is 24.0 Å². The van der Waals surface area contributed by atoms with Crippen LogP contribution in [-0.4, -0.2) is 40.9 Å². The Morgan fingerprint density at radius 3 is 2.65 bits per heavy atom. The maximum absolute atomic E-state index is 12.9. The number of nitrogens with zero attached hydrogens (tertiary/aromatic N) is 3. The summed E-state index contributed by atoms with van der Waals surface area (Å²) in [5.41, 5.74) is -0.857. The van der Waals surface area contributed by atoms with Gasteiger partial charge in [-0.1, -0.05) is 35.2 Å². The molecular formula is C13H13F3N4OS2. The molecule has 0 bridgehead atoms. The lowest BCUT2D eigenvalue weighted by molar-refractivity contribution is -0.137. The normalized spacial score (nSPS) is 11.3. The van der Waals surface area contributed by atoms with Crippen molar-refractivity contribution in [2.24, 2.45) is 0 Å². The number of anilines is 2. The summed E-state index contributed by atoms with van der Waals surface area (Å²) in [5, 5.41) is 10.5. The Kier molecular flexibility index (Phi) is 5.47. The van der Waals surface area contributed by atoms with Gasteiger partial charge in [-0.05, 0) is 12.1 Å². The maximum Gasteiger partial charge on any atom is 0.418 e. The Hall–Kier alpha value is -1.81. The fraction of sp³-hybridized carbons (Fsp3) is 0.308. The average molecular weight is 362 g/mol. The molecule has 1 N–H and O–H groups in total. The summed E-state index contributed by atoms with van der Waals surface area (Å²) < 4.78 is 39.3. The van der Waals surface area contributed by atoms with E-state index in [-0.39, 0.29) is 22.5 Å². The van der Waals surface area contributed by atoms with Gasteiger partial charge < -0.3 is 10.2 Å². The van der Waals surface area contributed by atoms with Crippen molar-refractivity contribution >= 4 is 39.8 Å². The van der Waals surface area contributed by atoms with E-state index in [0.29, 0.717) is 4.34 Å². The third-order valence-corrected chi connectivity index (χ3v) is 4.66. The van der Waals surface area contributed by atoms with Gasteiger partial charge in [-0.15, -0.1) is 10.2 Å². The van der Waals surface area contributed by atoms with E-state index in [9.17, 15) is 18.0 Å². The maximum atomic E-state index is 12.9. The summed E-state index contributed by atoms with van der Waals surface area (Å²) in [6.45, 7) is 0. The molecule has 124 valence electrons. The van der Waals surface area contributed by atoms with E-state index >= 15 is 0 Å². The Labute approximate surface area is 138 Å². The van der Waals surface area contributed by atoms with Gasteiger partial charge in [0.25, 0.3) is 0 Å². The fourth-order valence-corrected chi connectivity index (χ4v) is 3.27. The molecule has 0 atom stereocenters. The zero-order valence-corrected chi connectivity index (χ0v) is 13.8. The number of alkyl halides is 3. The van der Waals surface area contributed by atoms with Crippen LogP contribution in [0.1, 0.15) is 5.56 Å². The van der Waals surface area contributed by atoms with Gasteiger partial charge in [-0.2, -0.15) is 13.2 Å². The lowest BCUT2D eigenvalue weighted by Crippen LogP contribution is -2.23. The number of para-hydroxylation sites is 1. The molecule has 1 amide bonds. The van der Waals surface area contributed by atoms with E-state index < -0.39 is 11.7 Å². The average Bonchev–Trinajstić information content (AvgIpc) is 2.91. The summed E-state index contributed by atoms with van der Waals surface area (Å²) in [5.74, 6) is 0.114. The predicted octanol–water partition coefficient (Wildman–Crippen LogP) is 3.48. The number of carbonyl (C=O) groups is 1. The predicted molar refractivity (Wildman–Crippen MR) is 84.1 cm³/mol. The first kappa shape index (κ1) is 17.5. The van der Waals surface area contributed by atoms with Gasteiger partial charge in [0.15, 0.2) is 4.34 Å². The van der Waals surface area contributed by atoms with Gasteiger partial charge in [0.05, 0.1) is 17.0 Å². The van der Waals surface area contributed by atoms with E-state index in [1.807, 2.05) is 0 Å². The van der Waals surface area contributed by atoms with Crippen LogP contribution in [0.2, 0.25) is 0 Å². The summed E-state index contributed by atoms with van der Waals surface area (Å²) in [4.78, 5) is 12.9. The van der Waals surface area contributed by atoms with Crippen molar-refractivity contribution in [3.8, 4) is 0 Å². The van der Waals surface area contributed by atoms with Crippen molar-refractivity contribution in [2.45, 2.75) is 10.5 Å². The topological polar surface area (TPSA) is 58.1 Å². The van der Waals surface area contributed by atoms with Crippen LogP contribution in [0, 0.1) is 0 Å². The lowest BCUT2D eigenvalue weighted by Gasteiger charge is -2.12. The molecule has 0 fully saturated rings. The smallest absolute Gasteiger partial charge is 0.348 e. The molecule has 5 nitrogen and oxygen atoms in total. The SMILES string of the molecule is CN(C)C(=O)CSc1nnc(Nc2ccccc2C(F)(F)F)s1. The fourth-order valence-electron chi connectivity index (χ4n) is 1.53. The van der Waals surface area contributed by atoms with Crippen LogP contribution in [0.5, 0.6) is 0 Å². The molecule has 0 spiro atoms. The third-order valence-electron chi connectivity index (χ3n) is 2.70.